The maximum atomic E-state index is 11.1. The van der Waals surface area contributed by atoms with Crippen LogP contribution >= 0.6 is 0 Å². The van der Waals surface area contributed by atoms with Gasteiger partial charge in [0, 0.05) is 35.1 Å². The molecule has 0 atom stereocenters. The number of nitrogen functional groups attached to an aromatic ring is 1. The number of hydrogen-bond acceptors (Lipinski definition) is 6. The van der Waals surface area contributed by atoms with Gasteiger partial charge in [0.15, 0.2) is 5.82 Å². The van der Waals surface area contributed by atoms with Crippen LogP contribution in [0.15, 0.2) is 60.8 Å². The fraction of sp³-hybridized carbons (Fsp3) is 0. The van der Waals surface area contributed by atoms with Crippen LogP contribution in [-0.2, 0) is 0 Å². The highest BCUT2D eigenvalue weighted by Gasteiger charge is 2.14. The van der Waals surface area contributed by atoms with Gasteiger partial charge >= 0.3 is 0 Å². The van der Waals surface area contributed by atoms with Crippen molar-refractivity contribution in [1.82, 2.24) is 4.98 Å². The largest absolute Gasteiger partial charge is 0.396 e. The van der Waals surface area contributed by atoms with E-state index in [-0.39, 0.29) is 5.69 Å². The number of carbonyl (C=O) groups is 1. The number of rotatable bonds is 5. The Morgan fingerprint density at radius 1 is 1.12 bits per heavy atom. The van der Waals surface area contributed by atoms with Gasteiger partial charge in [0.25, 0.3) is 5.69 Å². The molecule has 3 N–H and O–H groups in total. The van der Waals surface area contributed by atoms with Gasteiger partial charge in [0.1, 0.15) is 6.29 Å². The molecule has 0 amide bonds. The Balaban J connectivity index is 2.13. The molecule has 124 valence electrons. The third-order valence-corrected chi connectivity index (χ3v) is 3.64. The Hall–Kier alpha value is -3.74. The molecule has 0 radical (unpaired) electrons. The zero-order valence-electron chi connectivity index (χ0n) is 13.0. The number of aromatic nitrogens is 1. The van der Waals surface area contributed by atoms with Crippen molar-refractivity contribution < 1.29 is 9.72 Å². The number of nitrogens with two attached hydrogens (primary N) is 1. The van der Waals surface area contributed by atoms with Crippen molar-refractivity contribution in [2.45, 2.75) is 0 Å². The highest BCUT2D eigenvalue weighted by molar-refractivity contribution is 5.86. The molecule has 2 aromatic carbocycles. The number of pyridine rings is 1. The fourth-order valence-corrected chi connectivity index (χ4v) is 2.42. The van der Waals surface area contributed by atoms with Crippen LogP contribution in [0, 0.1) is 10.1 Å². The van der Waals surface area contributed by atoms with E-state index in [0.29, 0.717) is 33.9 Å². The first-order valence-electron chi connectivity index (χ1n) is 7.40. The molecule has 1 heterocycles. The molecule has 0 spiro atoms. The van der Waals surface area contributed by atoms with Crippen LogP contribution < -0.4 is 11.1 Å². The molecule has 3 aromatic rings. The van der Waals surface area contributed by atoms with Gasteiger partial charge < -0.3 is 11.1 Å². The van der Waals surface area contributed by atoms with Crippen molar-refractivity contribution in [3.05, 3.63) is 76.5 Å². The summed E-state index contributed by atoms with van der Waals surface area (Å²) in [6.07, 6.45) is 2.32. The average molecular weight is 334 g/mol. The minimum Gasteiger partial charge on any atom is -0.396 e. The first kappa shape index (κ1) is 16.1. The lowest BCUT2D eigenvalue weighted by Crippen LogP contribution is -2.01. The number of hydrogen-bond donors (Lipinski definition) is 2. The molecular weight excluding hydrogens is 320 g/mol. The minimum absolute atomic E-state index is 0.0500. The van der Waals surface area contributed by atoms with E-state index in [2.05, 4.69) is 10.3 Å². The SMILES string of the molecule is Nc1cccnc1Nc1ccc([N+](=O)[O-])cc1-c1cccc(C=O)c1. The summed E-state index contributed by atoms with van der Waals surface area (Å²) in [5, 5.41) is 14.2. The number of carbonyl (C=O) groups excluding carboxylic acids is 1. The molecule has 7 heteroatoms. The first-order valence-corrected chi connectivity index (χ1v) is 7.40. The summed E-state index contributed by atoms with van der Waals surface area (Å²) in [6, 6.07) is 14.7. The monoisotopic (exact) mass is 334 g/mol. The normalized spacial score (nSPS) is 10.2. The van der Waals surface area contributed by atoms with Crippen LogP contribution in [0.1, 0.15) is 10.4 Å². The van der Waals surface area contributed by atoms with Crippen LogP contribution in [0.5, 0.6) is 0 Å². The number of nitrogens with zero attached hydrogens (tertiary/aromatic N) is 2. The number of benzene rings is 2. The molecule has 0 bridgehead atoms. The van der Waals surface area contributed by atoms with Crippen molar-refractivity contribution in [1.29, 1.82) is 0 Å². The van der Waals surface area contributed by atoms with Crippen molar-refractivity contribution in [2.75, 3.05) is 11.1 Å². The van der Waals surface area contributed by atoms with Gasteiger partial charge in [0.05, 0.1) is 10.6 Å². The summed E-state index contributed by atoms with van der Waals surface area (Å²) in [4.78, 5) is 25.9. The lowest BCUT2D eigenvalue weighted by molar-refractivity contribution is -0.384. The molecular formula is C18H14N4O3. The summed E-state index contributed by atoms with van der Waals surface area (Å²) in [5.41, 5.74) is 8.62. The second kappa shape index (κ2) is 6.79. The molecule has 0 aliphatic heterocycles. The molecule has 0 saturated heterocycles. The van der Waals surface area contributed by atoms with Crippen molar-refractivity contribution >= 4 is 29.2 Å². The standard InChI is InChI=1S/C18H14N4O3/c19-16-5-2-8-20-18(16)21-17-7-6-14(22(24)25)10-15(17)13-4-1-3-12(9-13)11-23/h1-11H,19H2,(H,20,21). The zero-order chi connectivity index (χ0) is 17.8. The molecule has 7 nitrogen and oxygen atoms in total. The van der Waals surface area contributed by atoms with E-state index in [1.807, 2.05) is 0 Å². The fourth-order valence-electron chi connectivity index (χ4n) is 2.42. The Morgan fingerprint density at radius 3 is 2.68 bits per heavy atom. The van der Waals surface area contributed by atoms with Gasteiger partial charge in [-0.3, -0.25) is 14.9 Å². The molecule has 0 saturated carbocycles. The Morgan fingerprint density at radius 2 is 1.96 bits per heavy atom. The van der Waals surface area contributed by atoms with E-state index in [1.165, 1.54) is 12.1 Å². The van der Waals surface area contributed by atoms with Crippen LogP contribution in [0.3, 0.4) is 0 Å². The van der Waals surface area contributed by atoms with Crippen molar-refractivity contribution in [3.8, 4) is 11.1 Å². The quantitative estimate of drug-likeness (QED) is 0.417. The zero-order valence-corrected chi connectivity index (χ0v) is 13.0. The number of anilines is 3. The Labute approximate surface area is 143 Å². The predicted octanol–water partition coefficient (Wildman–Crippen LogP) is 3.80. The number of non-ortho nitro benzene ring substituents is 1. The van der Waals surface area contributed by atoms with Gasteiger partial charge in [-0.05, 0) is 29.8 Å². The molecule has 0 aliphatic rings. The Kier molecular flexibility index (Phi) is 4.38. The Bertz CT molecular complexity index is 957. The van der Waals surface area contributed by atoms with Crippen LogP contribution in [-0.4, -0.2) is 16.2 Å². The van der Waals surface area contributed by atoms with Gasteiger partial charge in [-0.15, -0.1) is 0 Å². The predicted molar refractivity (Wildman–Crippen MR) is 95.9 cm³/mol. The lowest BCUT2D eigenvalue weighted by atomic mass is 10.0. The van der Waals surface area contributed by atoms with E-state index < -0.39 is 4.92 Å². The topological polar surface area (TPSA) is 111 Å². The summed E-state index contributed by atoms with van der Waals surface area (Å²) < 4.78 is 0. The first-order chi connectivity index (χ1) is 12.1. The maximum Gasteiger partial charge on any atom is 0.270 e. The van der Waals surface area contributed by atoms with Crippen LogP contribution in [0.2, 0.25) is 0 Å². The van der Waals surface area contributed by atoms with Gasteiger partial charge in [-0.1, -0.05) is 18.2 Å². The smallest absolute Gasteiger partial charge is 0.270 e. The van der Waals surface area contributed by atoms with E-state index in [0.717, 1.165) is 6.29 Å². The number of aldehydes is 1. The number of nitro groups is 1. The summed E-state index contributed by atoms with van der Waals surface area (Å²) >= 11 is 0. The van der Waals surface area contributed by atoms with E-state index >= 15 is 0 Å². The molecule has 0 fully saturated rings. The van der Waals surface area contributed by atoms with E-state index in [9.17, 15) is 14.9 Å². The molecule has 1 aromatic heterocycles. The highest BCUT2D eigenvalue weighted by Crippen LogP contribution is 2.34. The second-order valence-electron chi connectivity index (χ2n) is 5.30. The third-order valence-electron chi connectivity index (χ3n) is 3.64. The van der Waals surface area contributed by atoms with Crippen molar-refractivity contribution in [2.24, 2.45) is 0 Å². The molecule has 0 aliphatic carbocycles. The second-order valence-corrected chi connectivity index (χ2v) is 5.30. The van der Waals surface area contributed by atoms with Crippen LogP contribution in [0.25, 0.3) is 11.1 Å². The number of nitrogens with one attached hydrogen (secondary N) is 1. The summed E-state index contributed by atoms with van der Waals surface area (Å²) in [6.45, 7) is 0. The van der Waals surface area contributed by atoms with Gasteiger partial charge in [-0.25, -0.2) is 4.98 Å². The van der Waals surface area contributed by atoms with Gasteiger partial charge in [-0.2, -0.15) is 0 Å². The minimum atomic E-state index is -0.466. The van der Waals surface area contributed by atoms with Gasteiger partial charge in [0.2, 0.25) is 0 Å². The molecule has 25 heavy (non-hydrogen) atoms. The maximum absolute atomic E-state index is 11.1. The lowest BCUT2D eigenvalue weighted by Gasteiger charge is -2.13. The number of nitro benzene ring substituents is 1. The van der Waals surface area contributed by atoms with Crippen LogP contribution in [0.4, 0.5) is 22.9 Å². The van der Waals surface area contributed by atoms with E-state index in [4.69, 9.17) is 5.73 Å². The van der Waals surface area contributed by atoms with E-state index in [1.54, 1.807) is 48.7 Å². The highest BCUT2D eigenvalue weighted by atomic mass is 16.6. The average Bonchev–Trinajstić information content (AvgIpc) is 2.63. The molecule has 3 rings (SSSR count). The summed E-state index contributed by atoms with van der Waals surface area (Å²) in [5.74, 6) is 0.448. The third kappa shape index (κ3) is 3.45. The summed E-state index contributed by atoms with van der Waals surface area (Å²) in [7, 11) is 0. The van der Waals surface area contributed by atoms with Crippen molar-refractivity contribution in [3.63, 3.8) is 0 Å². The molecule has 0 unspecified atom stereocenters.